The lowest BCUT2D eigenvalue weighted by Crippen LogP contribution is -2.35. The summed E-state index contributed by atoms with van der Waals surface area (Å²) in [6.07, 6.45) is 4.68. The molecule has 1 aliphatic rings. The number of anilines is 1. The van der Waals surface area contributed by atoms with Crippen molar-refractivity contribution in [1.29, 1.82) is 0 Å². The van der Waals surface area contributed by atoms with E-state index in [4.69, 9.17) is 5.73 Å². The molecular weight excluding hydrogens is 296 g/mol. The Balaban J connectivity index is 2.09. The van der Waals surface area contributed by atoms with Gasteiger partial charge in [-0.15, -0.1) is 0 Å². The van der Waals surface area contributed by atoms with E-state index in [-0.39, 0.29) is 12.3 Å². The largest absolute Gasteiger partial charge is 0.481 e. The number of hydrogen-bond acceptors (Lipinski definition) is 3. The summed E-state index contributed by atoms with van der Waals surface area (Å²) in [6, 6.07) is 6.31. The molecule has 2 amide bonds. The van der Waals surface area contributed by atoms with Crippen molar-refractivity contribution in [3.63, 3.8) is 0 Å². The number of aliphatic carboxylic acids is 1. The minimum absolute atomic E-state index is 0.0524. The third kappa shape index (κ3) is 4.31. The van der Waals surface area contributed by atoms with Crippen molar-refractivity contribution in [3.05, 3.63) is 29.8 Å². The van der Waals surface area contributed by atoms with Gasteiger partial charge in [-0.25, -0.2) is 0 Å². The maximum absolute atomic E-state index is 12.3. The lowest BCUT2D eigenvalue weighted by molar-refractivity contribution is -0.152. The van der Waals surface area contributed by atoms with E-state index in [2.05, 4.69) is 5.32 Å². The van der Waals surface area contributed by atoms with Gasteiger partial charge in [0.2, 0.25) is 11.8 Å². The molecule has 1 aromatic carbocycles. The zero-order valence-corrected chi connectivity index (χ0v) is 13.0. The predicted octanol–water partition coefficient (Wildman–Crippen LogP) is 2.54. The number of carboxylic acid groups (broad SMARTS) is 1. The van der Waals surface area contributed by atoms with Crippen LogP contribution in [0.1, 0.15) is 55.3 Å². The molecule has 6 nitrogen and oxygen atoms in total. The molecule has 1 aliphatic carbocycles. The van der Waals surface area contributed by atoms with Gasteiger partial charge in [0.15, 0.2) is 0 Å². The van der Waals surface area contributed by atoms with Crippen LogP contribution in [0.3, 0.4) is 0 Å². The monoisotopic (exact) mass is 318 g/mol. The van der Waals surface area contributed by atoms with E-state index in [0.717, 1.165) is 25.7 Å². The first-order valence-electron chi connectivity index (χ1n) is 7.86. The van der Waals surface area contributed by atoms with E-state index in [1.165, 1.54) is 6.07 Å². The van der Waals surface area contributed by atoms with Crippen molar-refractivity contribution < 1.29 is 19.5 Å². The second-order valence-electron chi connectivity index (χ2n) is 6.17. The van der Waals surface area contributed by atoms with Crippen LogP contribution in [0.25, 0.3) is 0 Å². The summed E-state index contributed by atoms with van der Waals surface area (Å²) >= 11 is 0. The molecule has 1 saturated carbocycles. The van der Waals surface area contributed by atoms with Crippen LogP contribution in [0.15, 0.2) is 24.3 Å². The van der Waals surface area contributed by atoms with Crippen LogP contribution in [0.2, 0.25) is 0 Å². The highest BCUT2D eigenvalue weighted by atomic mass is 16.4. The van der Waals surface area contributed by atoms with Gasteiger partial charge in [-0.2, -0.15) is 0 Å². The van der Waals surface area contributed by atoms with Gasteiger partial charge >= 0.3 is 5.97 Å². The first kappa shape index (κ1) is 17.0. The smallest absolute Gasteiger partial charge is 0.310 e. The Morgan fingerprint density at radius 3 is 2.35 bits per heavy atom. The van der Waals surface area contributed by atoms with Crippen LogP contribution in [0, 0.1) is 5.41 Å². The molecular formula is C17H22N2O4. The molecule has 0 bridgehead atoms. The van der Waals surface area contributed by atoms with E-state index in [1.807, 2.05) is 0 Å². The summed E-state index contributed by atoms with van der Waals surface area (Å²) in [6.45, 7) is 0. The fourth-order valence-corrected chi connectivity index (χ4v) is 3.13. The second kappa shape index (κ2) is 7.26. The Bertz CT molecular complexity index is 604. The highest BCUT2D eigenvalue weighted by Gasteiger charge is 2.40. The van der Waals surface area contributed by atoms with E-state index in [1.54, 1.807) is 18.2 Å². The average Bonchev–Trinajstić information content (AvgIpc) is 2.74. The third-order valence-electron chi connectivity index (χ3n) is 4.44. The molecule has 1 aromatic rings. The molecule has 23 heavy (non-hydrogen) atoms. The predicted molar refractivity (Wildman–Crippen MR) is 86.0 cm³/mol. The summed E-state index contributed by atoms with van der Waals surface area (Å²) in [5.74, 6) is -1.83. The molecule has 4 N–H and O–H groups in total. The Labute approximate surface area is 135 Å². The van der Waals surface area contributed by atoms with E-state index < -0.39 is 17.3 Å². The number of rotatable bonds is 5. The van der Waals surface area contributed by atoms with Gasteiger partial charge in [-0.3, -0.25) is 14.4 Å². The molecule has 0 radical (unpaired) electrons. The standard InChI is InChI=1S/C17H22N2O4/c18-15(21)12-6-5-7-13(10-12)19-14(20)11-17(16(22)23)8-3-1-2-4-9-17/h5-7,10H,1-4,8-9,11H2,(H2,18,21)(H,19,20)(H,22,23). The molecule has 0 aromatic heterocycles. The number of amides is 2. The number of hydrogen-bond donors (Lipinski definition) is 3. The van der Waals surface area contributed by atoms with Gasteiger partial charge in [0.05, 0.1) is 5.41 Å². The van der Waals surface area contributed by atoms with E-state index >= 15 is 0 Å². The summed E-state index contributed by atoms with van der Waals surface area (Å²) in [5.41, 5.74) is 4.97. The Morgan fingerprint density at radius 1 is 1.13 bits per heavy atom. The molecule has 0 spiro atoms. The number of nitrogens with one attached hydrogen (secondary N) is 1. The Kier molecular flexibility index (Phi) is 5.36. The molecule has 1 fully saturated rings. The quantitative estimate of drug-likeness (QED) is 0.725. The summed E-state index contributed by atoms with van der Waals surface area (Å²) < 4.78 is 0. The zero-order valence-electron chi connectivity index (χ0n) is 13.0. The molecule has 0 unspecified atom stereocenters. The van der Waals surface area contributed by atoms with Crippen molar-refractivity contribution in [3.8, 4) is 0 Å². The second-order valence-corrected chi connectivity index (χ2v) is 6.17. The van der Waals surface area contributed by atoms with Gasteiger partial charge in [-0.1, -0.05) is 31.7 Å². The van der Waals surface area contributed by atoms with Gasteiger partial charge in [0.25, 0.3) is 0 Å². The normalized spacial score (nSPS) is 17.0. The van der Waals surface area contributed by atoms with Crippen molar-refractivity contribution in [2.24, 2.45) is 11.1 Å². The highest BCUT2D eigenvalue weighted by Crippen LogP contribution is 2.38. The topological polar surface area (TPSA) is 109 Å². The fourth-order valence-electron chi connectivity index (χ4n) is 3.13. The van der Waals surface area contributed by atoms with Crippen molar-refractivity contribution in [2.75, 3.05) is 5.32 Å². The number of primary amides is 1. The fraction of sp³-hybridized carbons (Fsp3) is 0.471. The number of nitrogens with two attached hydrogens (primary N) is 1. The summed E-state index contributed by atoms with van der Waals surface area (Å²) in [4.78, 5) is 35.2. The van der Waals surface area contributed by atoms with Crippen molar-refractivity contribution in [1.82, 2.24) is 0 Å². The molecule has 0 atom stereocenters. The minimum atomic E-state index is -0.984. The summed E-state index contributed by atoms with van der Waals surface area (Å²) in [7, 11) is 0. The van der Waals surface area contributed by atoms with E-state index in [9.17, 15) is 19.5 Å². The number of carbonyl (C=O) groups excluding carboxylic acids is 2. The van der Waals surface area contributed by atoms with Gasteiger partial charge in [-0.05, 0) is 31.0 Å². The van der Waals surface area contributed by atoms with E-state index in [0.29, 0.717) is 24.1 Å². The lowest BCUT2D eigenvalue weighted by atomic mass is 9.77. The van der Waals surface area contributed by atoms with Gasteiger partial charge < -0.3 is 16.2 Å². The SMILES string of the molecule is NC(=O)c1cccc(NC(=O)CC2(C(=O)O)CCCCCC2)c1. The molecule has 6 heteroatoms. The number of benzene rings is 1. The van der Waals surface area contributed by atoms with Crippen molar-refractivity contribution >= 4 is 23.5 Å². The highest BCUT2D eigenvalue weighted by molar-refractivity contribution is 5.97. The van der Waals surface area contributed by atoms with Gasteiger partial charge in [0.1, 0.15) is 0 Å². The molecule has 124 valence electrons. The third-order valence-corrected chi connectivity index (χ3v) is 4.44. The van der Waals surface area contributed by atoms with Gasteiger partial charge in [0, 0.05) is 17.7 Å². The molecule has 0 aliphatic heterocycles. The minimum Gasteiger partial charge on any atom is -0.481 e. The number of carbonyl (C=O) groups is 3. The number of carboxylic acids is 1. The van der Waals surface area contributed by atoms with Crippen LogP contribution in [0.5, 0.6) is 0 Å². The average molecular weight is 318 g/mol. The maximum Gasteiger partial charge on any atom is 0.310 e. The Hall–Kier alpha value is -2.37. The zero-order chi connectivity index (χ0) is 16.9. The lowest BCUT2D eigenvalue weighted by Gasteiger charge is -2.27. The molecule has 2 rings (SSSR count). The summed E-state index contributed by atoms with van der Waals surface area (Å²) in [5, 5.41) is 12.3. The van der Waals surface area contributed by atoms with Crippen LogP contribution in [-0.4, -0.2) is 22.9 Å². The van der Waals surface area contributed by atoms with Crippen LogP contribution >= 0.6 is 0 Å². The van der Waals surface area contributed by atoms with Crippen LogP contribution in [-0.2, 0) is 9.59 Å². The first-order valence-corrected chi connectivity index (χ1v) is 7.86. The van der Waals surface area contributed by atoms with Crippen LogP contribution in [0.4, 0.5) is 5.69 Å². The maximum atomic E-state index is 12.3. The molecule has 0 saturated heterocycles. The Morgan fingerprint density at radius 2 is 1.78 bits per heavy atom. The first-order chi connectivity index (χ1) is 10.9. The molecule has 0 heterocycles. The van der Waals surface area contributed by atoms with Crippen molar-refractivity contribution in [2.45, 2.75) is 44.9 Å². The van der Waals surface area contributed by atoms with Crippen LogP contribution < -0.4 is 11.1 Å².